The molecule has 0 saturated carbocycles. The summed E-state index contributed by atoms with van der Waals surface area (Å²) in [7, 11) is 0. The zero-order valence-electron chi connectivity index (χ0n) is 13.0. The molecule has 0 radical (unpaired) electrons. The van der Waals surface area contributed by atoms with Crippen molar-refractivity contribution in [2.45, 2.75) is 19.8 Å². The fraction of sp³-hybridized carbons (Fsp3) is 0.267. The maximum atomic E-state index is 10.7. The number of benzene rings is 1. The van der Waals surface area contributed by atoms with Gasteiger partial charge < -0.3 is 5.73 Å². The zero-order valence-corrected chi connectivity index (χ0v) is 13.8. The van der Waals surface area contributed by atoms with E-state index < -0.39 is 4.92 Å². The normalized spacial score (nSPS) is 10.9. The van der Waals surface area contributed by atoms with Crippen molar-refractivity contribution in [3.63, 3.8) is 0 Å². The molecule has 0 aliphatic rings. The topological polar surface area (TPSA) is 124 Å². The lowest BCUT2D eigenvalue weighted by atomic mass is 10.1. The molecule has 0 aliphatic heterocycles. The third kappa shape index (κ3) is 3.47. The van der Waals surface area contributed by atoms with E-state index in [1.807, 2.05) is 6.92 Å². The monoisotopic (exact) mass is 344 g/mol. The van der Waals surface area contributed by atoms with Crippen LogP contribution in [0.4, 0.5) is 5.69 Å². The maximum absolute atomic E-state index is 10.7. The molecule has 0 saturated heterocycles. The van der Waals surface area contributed by atoms with Gasteiger partial charge in [0, 0.05) is 25.0 Å². The lowest BCUT2D eigenvalue weighted by Crippen LogP contribution is -2.01. The van der Waals surface area contributed by atoms with Gasteiger partial charge in [-0.2, -0.15) is 5.10 Å². The average Bonchev–Trinajstić information content (AvgIpc) is 3.15. The molecule has 2 aromatic heterocycles. The molecule has 2 heterocycles. The van der Waals surface area contributed by atoms with Crippen LogP contribution < -0.4 is 5.73 Å². The second-order valence-electron chi connectivity index (χ2n) is 5.27. The summed E-state index contributed by atoms with van der Waals surface area (Å²) in [4.78, 5) is 20.2. The van der Waals surface area contributed by atoms with Gasteiger partial charge in [-0.3, -0.25) is 15.2 Å². The molecular weight excluding hydrogens is 328 g/mol. The summed E-state index contributed by atoms with van der Waals surface area (Å²) >= 11 is 1.55. The lowest BCUT2D eigenvalue weighted by molar-refractivity contribution is -0.384. The van der Waals surface area contributed by atoms with Crippen LogP contribution in [0.1, 0.15) is 22.1 Å². The SMILES string of the molecule is Cc1nc(CCN)sc1-c1n[nH]c(Cc2ccc([N+](=O)[O-])cc2)n1. The fourth-order valence-electron chi connectivity index (χ4n) is 2.29. The Labute approximate surface area is 141 Å². The molecule has 1 aromatic carbocycles. The minimum Gasteiger partial charge on any atom is -0.330 e. The summed E-state index contributed by atoms with van der Waals surface area (Å²) in [6.45, 7) is 2.49. The van der Waals surface area contributed by atoms with Crippen molar-refractivity contribution in [2.75, 3.05) is 6.54 Å². The quantitative estimate of drug-likeness (QED) is 0.522. The van der Waals surface area contributed by atoms with E-state index in [0.29, 0.717) is 24.6 Å². The van der Waals surface area contributed by atoms with Crippen molar-refractivity contribution in [3.05, 3.63) is 56.5 Å². The van der Waals surface area contributed by atoms with Crippen molar-refractivity contribution in [1.82, 2.24) is 20.2 Å². The number of rotatable bonds is 6. The predicted octanol–water partition coefficient (Wildman–Crippen LogP) is 2.24. The van der Waals surface area contributed by atoms with Gasteiger partial charge in [0.25, 0.3) is 5.69 Å². The minimum atomic E-state index is -0.415. The molecule has 3 rings (SSSR count). The van der Waals surface area contributed by atoms with Crippen LogP contribution in [0.3, 0.4) is 0 Å². The maximum Gasteiger partial charge on any atom is 0.269 e. The highest BCUT2D eigenvalue weighted by Gasteiger charge is 2.14. The minimum absolute atomic E-state index is 0.0738. The Morgan fingerprint density at radius 3 is 2.71 bits per heavy atom. The Bertz CT molecular complexity index is 855. The van der Waals surface area contributed by atoms with E-state index in [1.165, 1.54) is 12.1 Å². The first-order chi connectivity index (χ1) is 11.6. The number of hydrogen-bond acceptors (Lipinski definition) is 7. The molecule has 8 nitrogen and oxygen atoms in total. The van der Waals surface area contributed by atoms with E-state index >= 15 is 0 Å². The number of hydrogen-bond donors (Lipinski definition) is 2. The van der Waals surface area contributed by atoms with Gasteiger partial charge in [0.1, 0.15) is 5.82 Å². The van der Waals surface area contributed by atoms with Gasteiger partial charge >= 0.3 is 0 Å². The van der Waals surface area contributed by atoms with Crippen molar-refractivity contribution in [2.24, 2.45) is 5.73 Å². The van der Waals surface area contributed by atoms with Gasteiger partial charge in [0.05, 0.1) is 20.5 Å². The van der Waals surface area contributed by atoms with Crippen LogP contribution in [0.25, 0.3) is 10.7 Å². The van der Waals surface area contributed by atoms with Crippen molar-refractivity contribution in [3.8, 4) is 10.7 Å². The number of thiazole rings is 1. The van der Waals surface area contributed by atoms with Gasteiger partial charge in [-0.15, -0.1) is 11.3 Å². The number of aromatic amines is 1. The first-order valence-corrected chi connectivity index (χ1v) is 8.20. The second-order valence-corrected chi connectivity index (χ2v) is 6.35. The molecule has 0 spiro atoms. The van der Waals surface area contributed by atoms with Crippen molar-refractivity contribution < 1.29 is 4.92 Å². The standard InChI is InChI=1S/C15H16N6O2S/c1-9-14(24-13(17-9)6-7-16)15-18-12(19-20-15)8-10-2-4-11(5-3-10)21(22)23/h2-5H,6-8,16H2,1H3,(H,18,19,20). The number of H-pyrrole nitrogens is 1. The van der Waals surface area contributed by atoms with E-state index in [-0.39, 0.29) is 5.69 Å². The van der Waals surface area contributed by atoms with E-state index in [4.69, 9.17) is 5.73 Å². The van der Waals surface area contributed by atoms with Crippen LogP contribution >= 0.6 is 11.3 Å². The Kier molecular flexibility index (Phi) is 4.63. The van der Waals surface area contributed by atoms with Crippen LogP contribution in [0.5, 0.6) is 0 Å². The smallest absolute Gasteiger partial charge is 0.269 e. The van der Waals surface area contributed by atoms with E-state index in [9.17, 15) is 10.1 Å². The third-order valence-electron chi connectivity index (χ3n) is 3.45. The molecular formula is C15H16N6O2S. The first-order valence-electron chi connectivity index (χ1n) is 7.38. The number of nitrogens with one attached hydrogen (secondary N) is 1. The lowest BCUT2D eigenvalue weighted by Gasteiger charge is -1.97. The highest BCUT2D eigenvalue weighted by atomic mass is 32.1. The Hall–Kier alpha value is -2.65. The van der Waals surface area contributed by atoms with Crippen LogP contribution in [-0.4, -0.2) is 31.6 Å². The number of non-ortho nitro benzene ring substituents is 1. The van der Waals surface area contributed by atoms with Crippen LogP contribution in [0.15, 0.2) is 24.3 Å². The third-order valence-corrected chi connectivity index (χ3v) is 4.67. The van der Waals surface area contributed by atoms with E-state index in [2.05, 4.69) is 20.2 Å². The van der Waals surface area contributed by atoms with E-state index in [1.54, 1.807) is 23.5 Å². The molecule has 0 bridgehead atoms. The molecule has 0 atom stereocenters. The van der Waals surface area contributed by atoms with Gasteiger partial charge in [-0.25, -0.2) is 9.97 Å². The highest BCUT2D eigenvalue weighted by Crippen LogP contribution is 2.27. The molecule has 0 aliphatic carbocycles. The Morgan fingerprint density at radius 2 is 2.04 bits per heavy atom. The summed E-state index contributed by atoms with van der Waals surface area (Å²) in [6.07, 6.45) is 1.27. The molecule has 3 aromatic rings. The van der Waals surface area contributed by atoms with E-state index in [0.717, 1.165) is 27.6 Å². The van der Waals surface area contributed by atoms with Crippen LogP contribution in [0.2, 0.25) is 0 Å². The van der Waals surface area contributed by atoms with Gasteiger partial charge in [0.15, 0.2) is 5.82 Å². The first kappa shape index (κ1) is 16.2. The summed E-state index contributed by atoms with van der Waals surface area (Å²) in [6, 6.07) is 6.41. The number of nitro benzene ring substituents is 1. The molecule has 124 valence electrons. The zero-order chi connectivity index (χ0) is 17.1. The second kappa shape index (κ2) is 6.85. The van der Waals surface area contributed by atoms with Crippen LogP contribution in [0, 0.1) is 17.0 Å². The molecule has 0 fully saturated rings. The van der Waals surface area contributed by atoms with Gasteiger partial charge in [0.2, 0.25) is 0 Å². The number of aromatic nitrogens is 4. The average molecular weight is 344 g/mol. The molecule has 9 heteroatoms. The predicted molar refractivity (Wildman–Crippen MR) is 90.9 cm³/mol. The van der Waals surface area contributed by atoms with Gasteiger partial charge in [-0.1, -0.05) is 12.1 Å². The summed E-state index contributed by atoms with van der Waals surface area (Å²) in [5.74, 6) is 1.32. The highest BCUT2D eigenvalue weighted by molar-refractivity contribution is 7.15. The van der Waals surface area contributed by atoms with Crippen molar-refractivity contribution >= 4 is 17.0 Å². The number of nitrogens with zero attached hydrogens (tertiary/aromatic N) is 4. The summed E-state index contributed by atoms with van der Waals surface area (Å²) < 4.78 is 0. The van der Waals surface area contributed by atoms with Crippen LogP contribution in [-0.2, 0) is 12.8 Å². The fourth-order valence-corrected chi connectivity index (χ4v) is 3.31. The number of nitro groups is 1. The number of nitrogens with two attached hydrogens (primary N) is 1. The molecule has 0 amide bonds. The van der Waals surface area contributed by atoms with Gasteiger partial charge in [-0.05, 0) is 19.0 Å². The van der Waals surface area contributed by atoms with Crippen molar-refractivity contribution in [1.29, 1.82) is 0 Å². The molecule has 0 unspecified atom stereocenters. The Balaban J connectivity index is 1.77. The molecule has 24 heavy (non-hydrogen) atoms. The summed E-state index contributed by atoms with van der Waals surface area (Å²) in [5.41, 5.74) is 7.46. The Morgan fingerprint density at radius 1 is 1.29 bits per heavy atom. The summed E-state index contributed by atoms with van der Waals surface area (Å²) in [5, 5.41) is 18.8. The number of aryl methyl sites for hydroxylation is 1. The largest absolute Gasteiger partial charge is 0.330 e. The molecule has 3 N–H and O–H groups in total.